The van der Waals surface area contributed by atoms with Gasteiger partial charge in [-0.1, -0.05) is 23.7 Å². The number of nitro groups is 1. The molecule has 1 rings (SSSR count). The first-order chi connectivity index (χ1) is 8.93. The molecule has 0 bridgehead atoms. The summed E-state index contributed by atoms with van der Waals surface area (Å²) >= 11 is 5.51. The molecule has 0 saturated carbocycles. The Labute approximate surface area is 112 Å². The number of nitrogens with one attached hydrogen (secondary N) is 1. The number of anilines is 1. The fraction of sp³-hybridized carbons (Fsp3) is 0.200. The number of carbonyl (C=O) groups is 1. The minimum Gasteiger partial charge on any atom is -0.297 e. The van der Waals surface area contributed by atoms with Gasteiger partial charge in [0.2, 0.25) is 5.82 Å². The van der Waals surface area contributed by atoms with Crippen molar-refractivity contribution in [3.05, 3.63) is 34.1 Å². The van der Waals surface area contributed by atoms with Crippen molar-refractivity contribution < 1.29 is 18.9 Å². The number of benzene rings is 1. The predicted molar refractivity (Wildman–Crippen MR) is 66.7 cm³/mol. The summed E-state index contributed by atoms with van der Waals surface area (Å²) in [6.45, 7) is 1.70. The van der Waals surface area contributed by atoms with Crippen molar-refractivity contribution in [2.45, 2.75) is 13.3 Å². The number of hydrogen-bond donors (Lipinski definition) is 1. The molecule has 0 radical (unpaired) electrons. The fourth-order valence-electron chi connectivity index (χ4n) is 1.03. The summed E-state index contributed by atoms with van der Waals surface area (Å²) in [5, 5.41) is 16.0. The average molecular weight is 290 g/mol. The lowest BCUT2D eigenvalue weighted by Crippen LogP contribution is -2.11. The molecule has 0 aliphatic carbocycles. The van der Waals surface area contributed by atoms with Crippen LogP contribution in [-0.4, -0.2) is 16.2 Å². The van der Waals surface area contributed by atoms with E-state index >= 15 is 0 Å². The van der Waals surface area contributed by atoms with E-state index in [1.54, 1.807) is 6.92 Å². The van der Waals surface area contributed by atoms with Gasteiger partial charge in [-0.2, -0.15) is 4.39 Å². The first-order valence-electron chi connectivity index (χ1n) is 5.08. The van der Waals surface area contributed by atoms with Crippen molar-refractivity contribution >= 4 is 34.2 Å². The van der Waals surface area contributed by atoms with Crippen molar-refractivity contribution in [1.82, 2.24) is 0 Å². The molecular weight excluding hydrogens is 281 g/mol. The second-order valence-electron chi connectivity index (χ2n) is 3.25. The van der Waals surface area contributed by atoms with Crippen molar-refractivity contribution in [1.29, 1.82) is 0 Å². The van der Waals surface area contributed by atoms with E-state index in [2.05, 4.69) is 15.3 Å². The molecule has 1 aromatic rings. The van der Waals surface area contributed by atoms with Gasteiger partial charge in [-0.15, -0.1) is 0 Å². The number of oxime groups is 1. The monoisotopic (exact) mass is 289 g/mol. The zero-order valence-electron chi connectivity index (χ0n) is 9.72. The Kier molecular flexibility index (Phi) is 5.19. The summed E-state index contributed by atoms with van der Waals surface area (Å²) in [5.41, 5.74) is -0.756. The van der Waals surface area contributed by atoms with Crippen LogP contribution in [0.1, 0.15) is 13.3 Å². The van der Waals surface area contributed by atoms with Gasteiger partial charge in [-0.25, -0.2) is 4.79 Å². The average Bonchev–Trinajstić information content (AvgIpc) is 2.37. The van der Waals surface area contributed by atoms with Crippen LogP contribution in [-0.2, 0) is 4.84 Å². The molecule has 0 aromatic heterocycles. The summed E-state index contributed by atoms with van der Waals surface area (Å²) in [6.07, 6.45) is -0.607. The number of carbonyl (C=O) groups excluding carboxylic acids is 1. The summed E-state index contributed by atoms with van der Waals surface area (Å²) in [4.78, 5) is 25.2. The Hall–Kier alpha value is -2.22. The number of halogens is 2. The Morgan fingerprint density at radius 1 is 1.63 bits per heavy atom. The Morgan fingerprint density at radius 2 is 2.32 bits per heavy atom. The van der Waals surface area contributed by atoms with Crippen LogP contribution in [0, 0.1) is 15.9 Å². The molecule has 7 nitrogen and oxygen atoms in total. The van der Waals surface area contributed by atoms with E-state index in [1.165, 1.54) is 0 Å². The highest BCUT2D eigenvalue weighted by molar-refractivity contribution is 6.65. The number of rotatable bonds is 4. The molecule has 102 valence electrons. The highest BCUT2D eigenvalue weighted by Gasteiger charge is 2.15. The van der Waals surface area contributed by atoms with Crippen LogP contribution in [0.3, 0.4) is 0 Å². The van der Waals surface area contributed by atoms with E-state index in [-0.39, 0.29) is 10.9 Å². The third-order valence-corrected chi connectivity index (χ3v) is 2.24. The third-order valence-electron chi connectivity index (χ3n) is 1.91. The normalized spacial score (nSPS) is 11.0. The van der Waals surface area contributed by atoms with Crippen LogP contribution in [0.4, 0.5) is 20.6 Å². The summed E-state index contributed by atoms with van der Waals surface area (Å²) < 4.78 is 13.0. The Bertz CT molecular complexity index is 536. The van der Waals surface area contributed by atoms with Crippen LogP contribution in [0.2, 0.25) is 0 Å². The molecule has 0 aliphatic heterocycles. The topological polar surface area (TPSA) is 93.8 Å². The maximum atomic E-state index is 13.0. The second kappa shape index (κ2) is 6.64. The van der Waals surface area contributed by atoms with Gasteiger partial charge in [0.05, 0.1) is 10.6 Å². The Balaban J connectivity index is 2.75. The van der Waals surface area contributed by atoms with Crippen LogP contribution in [0.5, 0.6) is 0 Å². The molecule has 1 amide bonds. The van der Waals surface area contributed by atoms with Crippen molar-refractivity contribution in [2.24, 2.45) is 5.16 Å². The van der Waals surface area contributed by atoms with Crippen molar-refractivity contribution in [3.63, 3.8) is 0 Å². The number of nitrogens with zero attached hydrogens (tertiary/aromatic N) is 2. The number of nitro benzene ring substituents is 1. The molecular formula is C10H9ClFN3O4. The summed E-state index contributed by atoms with van der Waals surface area (Å²) in [6, 6.07) is 2.87. The summed E-state index contributed by atoms with van der Waals surface area (Å²) in [7, 11) is 0. The van der Waals surface area contributed by atoms with Gasteiger partial charge in [0.1, 0.15) is 5.17 Å². The standard InChI is InChI=1S/C10H9ClFN3O4/c1-2-9(11)14-19-10(16)13-6-3-4-7(12)8(5-6)15(17)18/h3-5H,2H2,1H3,(H,13,16)/b14-9-. The molecule has 1 N–H and O–H groups in total. The van der Waals surface area contributed by atoms with Gasteiger partial charge in [0, 0.05) is 12.5 Å². The molecule has 0 aliphatic rings. The first-order valence-corrected chi connectivity index (χ1v) is 5.46. The molecule has 0 unspecified atom stereocenters. The molecule has 19 heavy (non-hydrogen) atoms. The quantitative estimate of drug-likeness (QED) is 0.398. The SMILES string of the molecule is CC/C(Cl)=N/OC(=O)Nc1ccc(F)c([N+](=O)[O-])c1. The van der Waals surface area contributed by atoms with Gasteiger partial charge in [0.25, 0.3) is 0 Å². The van der Waals surface area contributed by atoms with E-state index < -0.39 is 22.5 Å². The van der Waals surface area contributed by atoms with Gasteiger partial charge in [-0.3, -0.25) is 20.3 Å². The minimum absolute atomic E-state index is 0.000853. The second-order valence-corrected chi connectivity index (χ2v) is 3.68. The Morgan fingerprint density at radius 3 is 2.89 bits per heavy atom. The number of amides is 1. The molecule has 0 spiro atoms. The van der Waals surface area contributed by atoms with E-state index in [9.17, 15) is 19.3 Å². The van der Waals surface area contributed by atoms with Gasteiger partial charge < -0.3 is 0 Å². The lowest BCUT2D eigenvalue weighted by molar-refractivity contribution is -0.387. The van der Waals surface area contributed by atoms with Crippen LogP contribution in [0.25, 0.3) is 0 Å². The van der Waals surface area contributed by atoms with Crippen molar-refractivity contribution in [3.8, 4) is 0 Å². The highest BCUT2D eigenvalue weighted by Crippen LogP contribution is 2.21. The van der Waals surface area contributed by atoms with Crippen LogP contribution in [0.15, 0.2) is 23.4 Å². The molecule has 0 saturated heterocycles. The largest absolute Gasteiger partial charge is 0.437 e. The first kappa shape index (κ1) is 14.8. The lowest BCUT2D eigenvalue weighted by Gasteiger charge is -2.03. The third kappa shape index (κ3) is 4.51. The lowest BCUT2D eigenvalue weighted by atomic mass is 10.2. The van der Waals surface area contributed by atoms with E-state index in [0.717, 1.165) is 18.2 Å². The van der Waals surface area contributed by atoms with E-state index in [1.807, 2.05) is 0 Å². The van der Waals surface area contributed by atoms with Gasteiger partial charge in [0.15, 0.2) is 0 Å². The summed E-state index contributed by atoms with van der Waals surface area (Å²) in [5.74, 6) is -1.00. The molecule has 9 heteroatoms. The minimum atomic E-state index is -1.00. The van der Waals surface area contributed by atoms with Gasteiger partial charge >= 0.3 is 11.8 Å². The van der Waals surface area contributed by atoms with Crippen LogP contribution < -0.4 is 5.32 Å². The predicted octanol–water partition coefficient (Wildman–Crippen LogP) is 3.24. The molecule has 1 aromatic carbocycles. The smallest absolute Gasteiger partial charge is 0.297 e. The van der Waals surface area contributed by atoms with Crippen molar-refractivity contribution in [2.75, 3.05) is 5.32 Å². The van der Waals surface area contributed by atoms with Gasteiger partial charge in [-0.05, 0) is 12.1 Å². The van der Waals surface area contributed by atoms with E-state index in [4.69, 9.17) is 11.6 Å². The molecule has 0 fully saturated rings. The highest BCUT2D eigenvalue weighted by atomic mass is 35.5. The fourth-order valence-corrected chi connectivity index (χ4v) is 1.06. The number of hydrogen-bond acceptors (Lipinski definition) is 5. The van der Waals surface area contributed by atoms with Crippen LogP contribution >= 0.6 is 11.6 Å². The zero-order valence-corrected chi connectivity index (χ0v) is 10.5. The van der Waals surface area contributed by atoms with E-state index in [0.29, 0.717) is 6.42 Å². The zero-order chi connectivity index (χ0) is 14.4. The molecule has 0 atom stereocenters. The maximum Gasteiger partial charge on any atom is 0.437 e. The maximum absolute atomic E-state index is 13.0. The molecule has 0 heterocycles.